The van der Waals surface area contributed by atoms with Crippen LogP contribution in [0.5, 0.6) is 0 Å². The number of carbonyl (C=O) groups excluding carboxylic acids is 1. The van der Waals surface area contributed by atoms with Gasteiger partial charge >= 0.3 is 6.03 Å². The van der Waals surface area contributed by atoms with Crippen molar-refractivity contribution in [3.8, 4) is 0 Å². The van der Waals surface area contributed by atoms with Crippen LogP contribution < -0.4 is 10.6 Å². The number of hydrogen-bond acceptors (Lipinski definition) is 2. The smallest absolute Gasteiger partial charge is 0.314 e. The van der Waals surface area contributed by atoms with Gasteiger partial charge in [0.05, 0.1) is 6.10 Å². The summed E-state index contributed by atoms with van der Waals surface area (Å²) < 4.78 is 19.2. The molecule has 1 aliphatic carbocycles. The lowest BCUT2D eigenvalue weighted by Gasteiger charge is -2.21. The molecule has 0 heterocycles. The van der Waals surface area contributed by atoms with Gasteiger partial charge in [-0.15, -0.1) is 0 Å². The Morgan fingerprint density at radius 2 is 1.87 bits per heavy atom. The Kier molecular flexibility index (Phi) is 7.87. The Bertz CT molecular complexity index is 476. The fraction of sp³-hybridized carbons (Fsp3) is 0.611. The minimum atomic E-state index is -0.227. The second-order valence-electron chi connectivity index (χ2n) is 6.01. The molecule has 2 rings (SSSR count). The third-order valence-corrected chi connectivity index (χ3v) is 4.15. The predicted octanol–water partition coefficient (Wildman–Crippen LogP) is 3.41. The molecule has 1 aromatic rings. The number of urea groups is 1. The van der Waals surface area contributed by atoms with Gasteiger partial charge in [-0.25, -0.2) is 9.18 Å². The molecule has 0 saturated heterocycles. The zero-order chi connectivity index (χ0) is 16.3. The zero-order valence-electron chi connectivity index (χ0n) is 13.7. The Morgan fingerprint density at radius 3 is 2.65 bits per heavy atom. The first kappa shape index (κ1) is 17.7. The number of halogens is 1. The summed E-state index contributed by atoms with van der Waals surface area (Å²) in [5, 5.41) is 5.54. The van der Waals surface area contributed by atoms with Crippen molar-refractivity contribution in [3.63, 3.8) is 0 Å². The lowest BCUT2D eigenvalue weighted by molar-refractivity contribution is 0.0275. The molecule has 0 aromatic heterocycles. The maximum absolute atomic E-state index is 13.4. The van der Waals surface area contributed by atoms with Crippen LogP contribution in [0.25, 0.3) is 0 Å². The molecule has 1 saturated carbocycles. The molecule has 0 bridgehead atoms. The van der Waals surface area contributed by atoms with Crippen molar-refractivity contribution >= 4 is 6.03 Å². The van der Waals surface area contributed by atoms with Crippen molar-refractivity contribution in [1.29, 1.82) is 0 Å². The molecular weight excluding hydrogens is 295 g/mol. The third-order valence-electron chi connectivity index (χ3n) is 4.15. The highest BCUT2D eigenvalue weighted by atomic mass is 19.1. The molecular formula is C18H27FN2O2. The molecule has 1 fully saturated rings. The van der Waals surface area contributed by atoms with E-state index in [9.17, 15) is 9.18 Å². The number of benzene rings is 1. The summed E-state index contributed by atoms with van der Waals surface area (Å²) >= 11 is 0. The predicted molar refractivity (Wildman–Crippen MR) is 88.9 cm³/mol. The van der Waals surface area contributed by atoms with Crippen LogP contribution in [0.3, 0.4) is 0 Å². The van der Waals surface area contributed by atoms with Crippen LogP contribution >= 0.6 is 0 Å². The van der Waals surface area contributed by atoms with E-state index in [4.69, 9.17) is 4.74 Å². The molecule has 5 heteroatoms. The minimum absolute atomic E-state index is 0.209. The van der Waals surface area contributed by atoms with E-state index in [2.05, 4.69) is 10.6 Å². The van der Waals surface area contributed by atoms with E-state index in [-0.39, 0.29) is 11.8 Å². The number of amides is 2. The number of nitrogens with one attached hydrogen (secondary N) is 2. The van der Waals surface area contributed by atoms with E-state index in [0.29, 0.717) is 37.8 Å². The largest absolute Gasteiger partial charge is 0.378 e. The maximum Gasteiger partial charge on any atom is 0.314 e. The summed E-state index contributed by atoms with van der Waals surface area (Å²) in [5.74, 6) is -0.227. The topological polar surface area (TPSA) is 50.4 Å². The Labute approximate surface area is 137 Å². The van der Waals surface area contributed by atoms with E-state index >= 15 is 0 Å². The lowest BCUT2D eigenvalue weighted by atomic mass is 9.98. The average molecular weight is 322 g/mol. The monoisotopic (exact) mass is 322 g/mol. The van der Waals surface area contributed by atoms with E-state index in [0.717, 1.165) is 6.42 Å². The lowest BCUT2D eigenvalue weighted by Crippen LogP contribution is -2.37. The number of carbonyl (C=O) groups is 1. The molecule has 2 amide bonds. The molecule has 23 heavy (non-hydrogen) atoms. The van der Waals surface area contributed by atoms with E-state index < -0.39 is 0 Å². The highest BCUT2D eigenvalue weighted by Crippen LogP contribution is 2.20. The van der Waals surface area contributed by atoms with E-state index in [1.54, 1.807) is 18.2 Å². The minimum Gasteiger partial charge on any atom is -0.378 e. The maximum atomic E-state index is 13.4. The van der Waals surface area contributed by atoms with Crippen molar-refractivity contribution in [1.82, 2.24) is 10.6 Å². The van der Waals surface area contributed by atoms with E-state index in [1.165, 1.54) is 38.2 Å². The molecule has 0 spiro atoms. The van der Waals surface area contributed by atoms with E-state index in [1.807, 2.05) is 0 Å². The van der Waals surface area contributed by atoms with Gasteiger partial charge in [-0.05, 0) is 37.3 Å². The van der Waals surface area contributed by atoms with Crippen molar-refractivity contribution in [3.05, 3.63) is 35.6 Å². The van der Waals surface area contributed by atoms with Crippen LogP contribution in [0.2, 0.25) is 0 Å². The van der Waals surface area contributed by atoms with Gasteiger partial charge < -0.3 is 15.4 Å². The van der Waals surface area contributed by atoms with Crippen molar-refractivity contribution in [2.24, 2.45) is 0 Å². The quantitative estimate of drug-likeness (QED) is 0.721. The van der Waals surface area contributed by atoms with Crippen molar-refractivity contribution in [2.45, 2.75) is 51.0 Å². The van der Waals surface area contributed by atoms with Crippen LogP contribution in [-0.2, 0) is 11.2 Å². The van der Waals surface area contributed by atoms with Crippen LogP contribution in [0.4, 0.5) is 9.18 Å². The highest BCUT2D eigenvalue weighted by molar-refractivity contribution is 5.73. The number of hydrogen-bond donors (Lipinski definition) is 2. The number of ether oxygens (including phenoxy) is 1. The van der Waals surface area contributed by atoms with Gasteiger partial charge in [0.25, 0.3) is 0 Å². The van der Waals surface area contributed by atoms with Crippen LogP contribution in [0.1, 0.15) is 44.1 Å². The molecule has 0 unspecified atom stereocenters. The first-order valence-electron chi connectivity index (χ1n) is 8.62. The average Bonchev–Trinajstić information content (AvgIpc) is 2.57. The first-order chi connectivity index (χ1) is 11.3. The van der Waals surface area contributed by atoms with Gasteiger partial charge in [0, 0.05) is 19.7 Å². The third kappa shape index (κ3) is 6.99. The fourth-order valence-electron chi connectivity index (χ4n) is 2.83. The normalized spacial score (nSPS) is 15.3. The second kappa shape index (κ2) is 10.2. The van der Waals surface area contributed by atoms with Crippen LogP contribution in [-0.4, -0.2) is 31.8 Å². The Morgan fingerprint density at radius 1 is 1.13 bits per heavy atom. The fourth-order valence-corrected chi connectivity index (χ4v) is 2.83. The standard InChI is InChI=1S/C18H27FN2O2/c19-17-10-5-4-7-15(17)11-13-21-18(22)20-12-6-14-23-16-8-2-1-3-9-16/h4-5,7,10,16H,1-3,6,8-9,11-14H2,(H2,20,21,22). The summed E-state index contributed by atoms with van der Waals surface area (Å²) in [4.78, 5) is 11.6. The first-order valence-corrected chi connectivity index (χ1v) is 8.62. The molecule has 0 atom stereocenters. The molecule has 2 N–H and O–H groups in total. The van der Waals surface area contributed by atoms with Crippen molar-refractivity contribution < 1.29 is 13.9 Å². The molecule has 0 aliphatic heterocycles. The van der Waals surface area contributed by atoms with Gasteiger partial charge in [0.1, 0.15) is 5.82 Å². The Balaban J connectivity index is 1.47. The van der Waals surface area contributed by atoms with Crippen LogP contribution in [0.15, 0.2) is 24.3 Å². The van der Waals surface area contributed by atoms with Gasteiger partial charge in [0.2, 0.25) is 0 Å². The molecule has 1 aromatic carbocycles. The summed E-state index contributed by atoms with van der Waals surface area (Å²) in [7, 11) is 0. The summed E-state index contributed by atoms with van der Waals surface area (Å²) in [6.07, 6.45) is 7.93. The zero-order valence-corrected chi connectivity index (χ0v) is 13.7. The molecule has 0 radical (unpaired) electrons. The second-order valence-corrected chi connectivity index (χ2v) is 6.01. The summed E-state index contributed by atoms with van der Waals surface area (Å²) in [6.45, 7) is 1.71. The summed E-state index contributed by atoms with van der Waals surface area (Å²) in [5.41, 5.74) is 0.619. The van der Waals surface area contributed by atoms with Gasteiger partial charge in [0.15, 0.2) is 0 Å². The van der Waals surface area contributed by atoms with Crippen LogP contribution in [0, 0.1) is 5.82 Å². The van der Waals surface area contributed by atoms with Gasteiger partial charge in [-0.2, -0.15) is 0 Å². The molecule has 1 aliphatic rings. The summed E-state index contributed by atoms with van der Waals surface area (Å²) in [6, 6.07) is 6.41. The highest BCUT2D eigenvalue weighted by Gasteiger charge is 2.13. The number of rotatable bonds is 8. The Hall–Kier alpha value is -1.62. The molecule has 128 valence electrons. The SMILES string of the molecule is O=C(NCCCOC1CCCCC1)NCCc1ccccc1F. The molecule has 4 nitrogen and oxygen atoms in total. The van der Waals surface area contributed by atoms with Crippen molar-refractivity contribution in [2.75, 3.05) is 19.7 Å². The van der Waals surface area contributed by atoms with Gasteiger partial charge in [-0.3, -0.25) is 0 Å². The van der Waals surface area contributed by atoms with Gasteiger partial charge in [-0.1, -0.05) is 37.5 Å².